The van der Waals surface area contributed by atoms with E-state index in [4.69, 9.17) is 0 Å². The molecule has 19 heavy (non-hydrogen) atoms. The first-order valence-corrected chi connectivity index (χ1v) is 7.66. The normalized spacial score (nSPS) is 17.5. The van der Waals surface area contributed by atoms with Crippen molar-refractivity contribution in [3.8, 4) is 0 Å². The van der Waals surface area contributed by atoms with Gasteiger partial charge in [-0.15, -0.1) is 11.3 Å². The minimum atomic E-state index is -0.257. The summed E-state index contributed by atoms with van der Waals surface area (Å²) in [5.41, 5.74) is 0.932. The van der Waals surface area contributed by atoms with Crippen molar-refractivity contribution in [1.82, 2.24) is 4.98 Å². The molecule has 0 aliphatic heterocycles. The highest BCUT2D eigenvalue weighted by Crippen LogP contribution is 2.42. The van der Waals surface area contributed by atoms with Gasteiger partial charge < -0.3 is 0 Å². The molecule has 3 heteroatoms. The first-order chi connectivity index (χ1) is 9.31. The predicted molar refractivity (Wildman–Crippen MR) is 77.4 cm³/mol. The highest BCUT2D eigenvalue weighted by Gasteiger charge is 2.42. The monoisotopic (exact) mass is 271 g/mol. The van der Waals surface area contributed by atoms with Gasteiger partial charge in [0.2, 0.25) is 0 Å². The number of aromatic nitrogens is 1. The van der Waals surface area contributed by atoms with E-state index in [9.17, 15) is 4.79 Å². The fourth-order valence-electron chi connectivity index (χ4n) is 3.11. The minimum absolute atomic E-state index is 0.257. The molecule has 1 aromatic heterocycles. The van der Waals surface area contributed by atoms with E-state index >= 15 is 0 Å². The van der Waals surface area contributed by atoms with Crippen LogP contribution in [-0.4, -0.2) is 10.8 Å². The van der Waals surface area contributed by atoms with Crippen LogP contribution in [0.5, 0.6) is 0 Å². The Kier molecular flexibility index (Phi) is 3.47. The summed E-state index contributed by atoms with van der Waals surface area (Å²) in [5, 5.41) is 2.87. The van der Waals surface area contributed by atoms with Crippen LogP contribution in [0.15, 0.2) is 41.9 Å². The van der Waals surface area contributed by atoms with Gasteiger partial charge in [-0.1, -0.05) is 43.2 Å². The largest absolute Gasteiger partial charge is 0.298 e. The quantitative estimate of drug-likeness (QED) is 0.847. The molecule has 3 rings (SSSR count). The van der Waals surface area contributed by atoms with E-state index in [2.05, 4.69) is 17.1 Å². The van der Waals surface area contributed by atoms with Crippen LogP contribution >= 0.6 is 11.3 Å². The van der Waals surface area contributed by atoms with Gasteiger partial charge >= 0.3 is 0 Å². The molecule has 2 nitrogen and oxygen atoms in total. The lowest BCUT2D eigenvalue weighted by Crippen LogP contribution is -2.34. The van der Waals surface area contributed by atoms with Gasteiger partial charge in [-0.2, -0.15) is 0 Å². The zero-order chi connectivity index (χ0) is 13.1. The molecule has 2 aromatic rings. The summed E-state index contributed by atoms with van der Waals surface area (Å²) in [6.07, 6.45) is 6.53. The second kappa shape index (κ2) is 5.25. The standard InChI is InChI=1S/C16H17NOS/c18-14(12-15-17-10-11-19-15)16(8-4-5-9-16)13-6-2-1-3-7-13/h1-3,6-7,10-11H,4-5,8-9,12H2. The number of ketones is 1. The third-order valence-electron chi connectivity index (χ3n) is 4.11. The number of carbonyl (C=O) groups excluding carboxylic acids is 1. The van der Waals surface area contributed by atoms with Crippen molar-refractivity contribution in [2.45, 2.75) is 37.5 Å². The average Bonchev–Trinajstić information content (AvgIpc) is 3.11. The Labute approximate surface area is 117 Å². The number of hydrogen-bond acceptors (Lipinski definition) is 3. The van der Waals surface area contributed by atoms with Crippen LogP contribution in [-0.2, 0) is 16.6 Å². The van der Waals surface area contributed by atoms with Gasteiger partial charge in [-0.3, -0.25) is 4.79 Å². The molecular weight excluding hydrogens is 254 g/mol. The van der Waals surface area contributed by atoms with Gasteiger partial charge in [0, 0.05) is 11.6 Å². The van der Waals surface area contributed by atoms with E-state index < -0.39 is 0 Å². The van der Waals surface area contributed by atoms with E-state index in [1.807, 2.05) is 23.6 Å². The van der Waals surface area contributed by atoms with Gasteiger partial charge in [-0.05, 0) is 18.4 Å². The molecule has 0 N–H and O–H groups in total. The third kappa shape index (κ3) is 2.35. The SMILES string of the molecule is O=C(Cc1nccs1)C1(c2ccccc2)CCCC1. The molecule has 0 unspecified atom stereocenters. The predicted octanol–water partition coefficient (Wildman–Crippen LogP) is 3.77. The minimum Gasteiger partial charge on any atom is -0.298 e. The number of benzene rings is 1. The van der Waals surface area contributed by atoms with Crippen molar-refractivity contribution in [3.05, 3.63) is 52.5 Å². The van der Waals surface area contributed by atoms with Gasteiger partial charge in [-0.25, -0.2) is 4.98 Å². The fraction of sp³-hybridized carbons (Fsp3) is 0.375. The van der Waals surface area contributed by atoms with Crippen molar-refractivity contribution >= 4 is 17.1 Å². The Balaban J connectivity index is 1.90. The second-order valence-electron chi connectivity index (χ2n) is 5.18. The second-order valence-corrected chi connectivity index (χ2v) is 6.16. The van der Waals surface area contributed by atoms with E-state index in [1.165, 1.54) is 5.56 Å². The molecule has 0 amide bonds. The lowest BCUT2D eigenvalue weighted by atomic mass is 9.74. The summed E-state index contributed by atoms with van der Waals surface area (Å²) < 4.78 is 0. The first kappa shape index (κ1) is 12.5. The molecule has 0 atom stereocenters. The highest BCUT2D eigenvalue weighted by atomic mass is 32.1. The Morgan fingerprint density at radius 3 is 2.58 bits per heavy atom. The fourth-order valence-corrected chi connectivity index (χ4v) is 3.73. The van der Waals surface area contributed by atoms with E-state index in [-0.39, 0.29) is 5.41 Å². The van der Waals surface area contributed by atoms with Crippen molar-refractivity contribution in [2.24, 2.45) is 0 Å². The van der Waals surface area contributed by atoms with Crippen LogP contribution in [0.1, 0.15) is 36.3 Å². The van der Waals surface area contributed by atoms with E-state index in [0.29, 0.717) is 12.2 Å². The molecule has 0 radical (unpaired) electrons. The van der Waals surface area contributed by atoms with Crippen LogP contribution in [0.3, 0.4) is 0 Å². The van der Waals surface area contributed by atoms with Crippen molar-refractivity contribution < 1.29 is 4.79 Å². The Morgan fingerprint density at radius 2 is 1.95 bits per heavy atom. The number of hydrogen-bond donors (Lipinski definition) is 0. The lowest BCUT2D eigenvalue weighted by molar-refractivity contribution is -0.123. The maximum atomic E-state index is 12.8. The van der Waals surface area contributed by atoms with Crippen LogP contribution in [0.2, 0.25) is 0 Å². The zero-order valence-corrected chi connectivity index (χ0v) is 11.7. The number of nitrogens with zero attached hydrogens (tertiary/aromatic N) is 1. The zero-order valence-electron chi connectivity index (χ0n) is 10.8. The molecule has 1 aliphatic carbocycles. The number of Topliss-reactive ketones (excluding diaryl/α,β-unsaturated/α-hetero) is 1. The molecule has 98 valence electrons. The molecular formula is C16H17NOS. The van der Waals surface area contributed by atoms with Crippen LogP contribution in [0.25, 0.3) is 0 Å². The summed E-state index contributed by atoms with van der Waals surface area (Å²) in [6, 6.07) is 10.3. The van der Waals surface area contributed by atoms with Crippen molar-refractivity contribution in [2.75, 3.05) is 0 Å². The number of carbonyl (C=O) groups is 1. The molecule has 1 aromatic carbocycles. The molecule has 1 heterocycles. The maximum Gasteiger partial charge on any atom is 0.150 e. The van der Waals surface area contributed by atoms with Gasteiger partial charge in [0.15, 0.2) is 0 Å². The molecule has 0 bridgehead atoms. The summed E-state index contributed by atoms with van der Waals surface area (Å²) in [5.74, 6) is 0.339. The number of rotatable bonds is 4. The molecule has 1 saturated carbocycles. The smallest absolute Gasteiger partial charge is 0.150 e. The van der Waals surface area contributed by atoms with Crippen molar-refractivity contribution in [1.29, 1.82) is 0 Å². The van der Waals surface area contributed by atoms with Crippen LogP contribution in [0, 0.1) is 0 Å². The molecule has 0 saturated heterocycles. The van der Waals surface area contributed by atoms with Crippen molar-refractivity contribution in [3.63, 3.8) is 0 Å². The van der Waals surface area contributed by atoms with Gasteiger partial charge in [0.25, 0.3) is 0 Å². The van der Waals surface area contributed by atoms with Gasteiger partial charge in [0.1, 0.15) is 5.78 Å². The number of thiazole rings is 1. The maximum absolute atomic E-state index is 12.8. The lowest BCUT2D eigenvalue weighted by Gasteiger charge is -2.27. The average molecular weight is 271 g/mol. The topological polar surface area (TPSA) is 30.0 Å². The van der Waals surface area contributed by atoms with E-state index in [1.54, 1.807) is 17.5 Å². The molecule has 1 aliphatic rings. The third-order valence-corrected chi connectivity index (χ3v) is 4.89. The Morgan fingerprint density at radius 1 is 1.21 bits per heavy atom. The first-order valence-electron chi connectivity index (χ1n) is 6.78. The molecule has 1 fully saturated rings. The van der Waals surface area contributed by atoms with Gasteiger partial charge in [0.05, 0.1) is 16.8 Å². The van der Waals surface area contributed by atoms with E-state index in [0.717, 1.165) is 30.7 Å². The van der Waals surface area contributed by atoms with Crippen LogP contribution < -0.4 is 0 Å². The summed E-state index contributed by atoms with van der Waals surface area (Å²) in [6.45, 7) is 0. The Hall–Kier alpha value is -1.48. The molecule has 0 spiro atoms. The summed E-state index contributed by atoms with van der Waals surface area (Å²) in [7, 11) is 0. The summed E-state index contributed by atoms with van der Waals surface area (Å²) >= 11 is 1.57. The summed E-state index contributed by atoms with van der Waals surface area (Å²) in [4.78, 5) is 17.1. The highest BCUT2D eigenvalue weighted by molar-refractivity contribution is 7.09. The van der Waals surface area contributed by atoms with Crippen LogP contribution in [0.4, 0.5) is 0 Å². The Bertz CT molecular complexity index is 541.